The largest absolute Gasteiger partial charge is 0.353 e. The lowest BCUT2D eigenvalue weighted by Crippen LogP contribution is -1.98. The second-order valence-electron chi connectivity index (χ2n) is 1.77. The number of nitrogens with zero attached hydrogens (tertiary/aromatic N) is 3. The predicted octanol–water partition coefficient (Wildman–Crippen LogP) is 0.247. The van der Waals surface area contributed by atoms with Crippen molar-refractivity contribution in [3.63, 3.8) is 0 Å². The highest BCUT2D eigenvalue weighted by Gasteiger charge is 1.91. The van der Waals surface area contributed by atoms with Crippen LogP contribution < -0.4 is 5.32 Å². The quantitative estimate of drug-likeness (QED) is 0.617. The predicted molar refractivity (Wildman–Crippen MR) is 35.2 cm³/mol. The molecule has 0 aliphatic heterocycles. The minimum absolute atomic E-state index is 0.694. The molecule has 0 saturated heterocycles. The van der Waals surface area contributed by atoms with E-state index in [2.05, 4.69) is 15.4 Å². The summed E-state index contributed by atoms with van der Waals surface area (Å²) in [7, 11) is 1.84. The Hall–Kier alpha value is -1.06. The summed E-state index contributed by atoms with van der Waals surface area (Å²) in [5, 5.41) is 6.98. The minimum Gasteiger partial charge on any atom is -0.353 e. The Labute approximate surface area is 53.9 Å². The third kappa shape index (κ3) is 1.42. The Bertz CT molecular complexity index is 181. The number of hydrogen-bond acceptors (Lipinski definition) is 3. The fraction of sp³-hybridized carbons (Fsp3) is 0.600. The highest BCUT2D eigenvalue weighted by Crippen LogP contribution is 1.91. The summed E-state index contributed by atoms with van der Waals surface area (Å²) in [6, 6.07) is 0. The van der Waals surface area contributed by atoms with Gasteiger partial charge >= 0.3 is 0 Å². The van der Waals surface area contributed by atoms with Crippen molar-refractivity contribution in [3.8, 4) is 0 Å². The van der Waals surface area contributed by atoms with E-state index in [0.29, 0.717) is 5.95 Å². The van der Waals surface area contributed by atoms with Gasteiger partial charge in [-0.15, -0.1) is 5.10 Å². The lowest BCUT2D eigenvalue weighted by atomic mass is 10.7. The first kappa shape index (κ1) is 6.07. The number of hydrogen-bond donors (Lipinski definition) is 1. The van der Waals surface area contributed by atoms with Gasteiger partial charge in [-0.3, -0.25) is 4.68 Å². The molecule has 4 nitrogen and oxygen atoms in total. The summed E-state index contributed by atoms with van der Waals surface area (Å²) < 4.78 is 1.66. The van der Waals surface area contributed by atoms with Crippen molar-refractivity contribution in [2.45, 2.75) is 6.92 Å². The van der Waals surface area contributed by atoms with Crippen LogP contribution in [0.4, 0.5) is 5.95 Å². The van der Waals surface area contributed by atoms with Gasteiger partial charge in [0.1, 0.15) is 6.33 Å². The summed E-state index contributed by atoms with van der Waals surface area (Å²) in [4.78, 5) is 3.95. The molecule has 4 heteroatoms. The molecule has 9 heavy (non-hydrogen) atoms. The van der Waals surface area contributed by atoms with E-state index in [0.717, 1.165) is 6.54 Å². The van der Waals surface area contributed by atoms with Crippen molar-refractivity contribution in [3.05, 3.63) is 6.33 Å². The van der Waals surface area contributed by atoms with Crippen molar-refractivity contribution in [2.24, 2.45) is 7.05 Å². The van der Waals surface area contributed by atoms with Gasteiger partial charge in [0.25, 0.3) is 0 Å². The van der Waals surface area contributed by atoms with Crippen molar-refractivity contribution in [1.82, 2.24) is 14.8 Å². The molecular formula is C5H10N4. The summed E-state index contributed by atoms with van der Waals surface area (Å²) in [6.07, 6.45) is 1.66. The summed E-state index contributed by atoms with van der Waals surface area (Å²) in [5.41, 5.74) is 0. The monoisotopic (exact) mass is 126 g/mol. The lowest BCUT2D eigenvalue weighted by molar-refractivity contribution is 0.767. The van der Waals surface area contributed by atoms with Gasteiger partial charge in [-0.25, -0.2) is 4.98 Å². The van der Waals surface area contributed by atoms with Crippen LogP contribution in [0.3, 0.4) is 0 Å². The van der Waals surface area contributed by atoms with E-state index in [9.17, 15) is 0 Å². The topological polar surface area (TPSA) is 42.7 Å². The van der Waals surface area contributed by atoms with Gasteiger partial charge < -0.3 is 5.32 Å². The zero-order chi connectivity index (χ0) is 6.69. The molecule has 0 aliphatic rings. The van der Waals surface area contributed by atoms with Crippen LogP contribution in [-0.4, -0.2) is 21.3 Å². The first-order valence-corrected chi connectivity index (χ1v) is 2.92. The number of nitrogens with one attached hydrogen (secondary N) is 1. The average molecular weight is 126 g/mol. The van der Waals surface area contributed by atoms with Crippen LogP contribution in [0, 0.1) is 0 Å². The summed E-state index contributed by atoms with van der Waals surface area (Å²) in [6.45, 7) is 2.88. The van der Waals surface area contributed by atoms with Crippen LogP contribution in [-0.2, 0) is 7.05 Å². The molecule has 0 atom stereocenters. The Kier molecular flexibility index (Phi) is 1.67. The minimum atomic E-state index is 0.694. The number of anilines is 1. The molecule has 0 fully saturated rings. The van der Waals surface area contributed by atoms with Gasteiger partial charge in [0.05, 0.1) is 0 Å². The van der Waals surface area contributed by atoms with Crippen LogP contribution in [0.2, 0.25) is 0 Å². The molecule has 0 bridgehead atoms. The second-order valence-corrected chi connectivity index (χ2v) is 1.77. The second kappa shape index (κ2) is 2.48. The Morgan fingerprint density at radius 1 is 1.78 bits per heavy atom. The van der Waals surface area contributed by atoms with Crippen molar-refractivity contribution >= 4 is 5.95 Å². The maximum absolute atomic E-state index is 3.99. The molecule has 0 amide bonds. The van der Waals surface area contributed by atoms with Crippen LogP contribution in [0.25, 0.3) is 0 Å². The Balaban J connectivity index is 2.61. The van der Waals surface area contributed by atoms with E-state index >= 15 is 0 Å². The number of rotatable bonds is 2. The molecule has 50 valence electrons. The van der Waals surface area contributed by atoms with Crippen molar-refractivity contribution in [1.29, 1.82) is 0 Å². The molecule has 0 saturated carbocycles. The molecule has 1 aromatic heterocycles. The van der Waals surface area contributed by atoms with E-state index < -0.39 is 0 Å². The molecule has 1 heterocycles. The normalized spacial score (nSPS) is 9.56. The summed E-state index contributed by atoms with van der Waals surface area (Å²) in [5.74, 6) is 0.694. The van der Waals surface area contributed by atoms with Gasteiger partial charge in [-0.1, -0.05) is 0 Å². The maximum Gasteiger partial charge on any atom is 0.242 e. The molecule has 1 aromatic rings. The third-order valence-electron chi connectivity index (χ3n) is 0.934. The van der Waals surface area contributed by atoms with Gasteiger partial charge in [0.15, 0.2) is 0 Å². The van der Waals surface area contributed by atoms with Crippen LogP contribution in [0.1, 0.15) is 6.92 Å². The standard InChI is InChI=1S/C5H10N4/c1-3-6-5-7-4-9(2)8-5/h4H,3H2,1-2H3,(H,6,8). The fourth-order valence-electron chi connectivity index (χ4n) is 0.578. The molecular weight excluding hydrogens is 116 g/mol. The Morgan fingerprint density at radius 3 is 3.00 bits per heavy atom. The SMILES string of the molecule is CCNc1ncn(C)n1. The highest BCUT2D eigenvalue weighted by molar-refractivity contribution is 5.19. The fourth-order valence-corrected chi connectivity index (χ4v) is 0.578. The van der Waals surface area contributed by atoms with Crippen LogP contribution >= 0.6 is 0 Å². The molecule has 0 aliphatic carbocycles. The van der Waals surface area contributed by atoms with E-state index in [-0.39, 0.29) is 0 Å². The third-order valence-corrected chi connectivity index (χ3v) is 0.934. The molecule has 0 aromatic carbocycles. The van der Waals surface area contributed by atoms with E-state index in [1.54, 1.807) is 11.0 Å². The van der Waals surface area contributed by atoms with E-state index in [1.807, 2.05) is 14.0 Å². The van der Waals surface area contributed by atoms with Crippen LogP contribution in [0.5, 0.6) is 0 Å². The Morgan fingerprint density at radius 2 is 2.56 bits per heavy atom. The summed E-state index contributed by atoms with van der Waals surface area (Å²) >= 11 is 0. The molecule has 1 N–H and O–H groups in total. The first-order valence-electron chi connectivity index (χ1n) is 2.92. The molecule has 0 unspecified atom stereocenters. The smallest absolute Gasteiger partial charge is 0.242 e. The highest BCUT2D eigenvalue weighted by atomic mass is 15.4. The molecule has 0 spiro atoms. The van der Waals surface area contributed by atoms with Crippen molar-refractivity contribution in [2.75, 3.05) is 11.9 Å². The lowest BCUT2D eigenvalue weighted by Gasteiger charge is -1.91. The maximum atomic E-state index is 3.99. The van der Waals surface area contributed by atoms with E-state index in [1.165, 1.54) is 0 Å². The zero-order valence-electron chi connectivity index (χ0n) is 5.63. The van der Waals surface area contributed by atoms with Gasteiger partial charge in [-0.05, 0) is 6.92 Å². The van der Waals surface area contributed by atoms with E-state index in [4.69, 9.17) is 0 Å². The molecule has 0 radical (unpaired) electrons. The van der Waals surface area contributed by atoms with Crippen molar-refractivity contribution < 1.29 is 0 Å². The number of aromatic nitrogens is 3. The van der Waals surface area contributed by atoms with Crippen LogP contribution in [0.15, 0.2) is 6.33 Å². The number of aryl methyl sites for hydroxylation is 1. The van der Waals surface area contributed by atoms with Gasteiger partial charge in [-0.2, -0.15) is 0 Å². The first-order chi connectivity index (χ1) is 4.33. The molecule has 1 rings (SSSR count). The van der Waals surface area contributed by atoms with Gasteiger partial charge in [0, 0.05) is 13.6 Å². The average Bonchev–Trinajstić information content (AvgIpc) is 2.17. The van der Waals surface area contributed by atoms with Gasteiger partial charge in [0.2, 0.25) is 5.95 Å². The zero-order valence-corrected chi connectivity index (χ0v) is 5.63.